The maximum atomic E-state index is 13.3. The number of pyridine rings is 3. The summed E-state index contributed by atoms with van der Waals surface area (Å²) in [6.45, 7) is 7.41. The van der Waals surface area contributed by atoms with Crippen LogP contribution in [0, 0.1) is 0 Å². The average Bonchev–Trinajstić information content (AvgIpc) is 2.75. The van der Waals surface area contributed by atoms with Crippen LogP contribution in [-0.2, 0) is 5.60 Å². The molecular weight excluding hydrogens is 418 g/mol. The number of fused-ring (bicyclic) bond motifs is 1. The van der Waals surface area contributed by atoms with E-state index in [-0.39, 0.29) is 23.7 Å². The van der Waals surface area contributed by atoms with Crippen molar-refractivity contribution < 1.29 is 10.2 Å². The Balaban J connectivity index is 1.75. The van der Waals surface area contributed by atoms with Gasteiger partial charge in [-0.05, 0) is 88.6 Å². The van der Waals surface area contributed by atoms with E-state index in [1.807, 2.05) is 32.2 Å². The van der Waals surface area contributed by atoms with Crippen LogP contribution >= 0.6 is 0 Å². The van der Waals surface area contributed by atoms with Crippen molar-refractivity contribution in [3.63, 3.8) is 0 Å². The maximum absolute atomic E-state index is 13.3. The molecule has 0 unspecified atom stereocenters. The Morgan fingerprint density at radius 1 is 1.12 bits per heavy atom. The quantitative estimate of drug-likeness (QED) is 0.447. The van der Waals surface area contributed by atoms with E-state index in [4.69, 9.17) is 4.98 Å². The highest BCUT2D eigenvalue weighted by atomic mass is 16.3. The molecule has 0 atom stereocenters. The lowest BCUT2D eigenvalue weighted by atomic mass is 9.93. The molecule has 3 heterocycles. The summed E-state index contributed by atoms with van der Waals surface area (Å²) in [5, 5.41) is 28.2. The molecule has 8 heteroatoms. The zero-order chi connectivity index (χ0) is 23.8. The molecule has 1 fully saturated rings. The minimum absolute atomic E-state index is 0.0335. The summed E-state index contributed by atoms with van der Waals surface area (Å²) < 4.78 is 1.71. The second-order valence-electron chi connectivity index (χ2n) is 9.71. The summed E-state index contributed by atoms with van der Waals surface area (Å²) in [7, 11) is 0. The highest BCUT2D eigenvalue weighted by Gasteiger charge is 2.22. The first-order valence-electron chi connectivity index (χ1n) is 11.6. The predicted molar refractivity (Wildman–Crippen MR) is 131 cm³/mol. The Labute approximate surface area is 193 Å². The fraction of sp³-hybridized carbons (Fsp3) is 0.480. The standard InChI is InChI=1S/C25H33N5O3/c1-15(2)30-12-10-16-13-21(28-20-14-17(9-11-26-20)25(3,4)33)29-23(22(16)24(30)32)27-18-5-7-19(31)8-6-18/h9-15,18-19,31,33H,5-8H2,1-4H3,(H2,26,27,28,29). The number of aromatic nitrogens is 3. The normalized spacial score (nSPS) is 19.1. The van der Waals surface area contributed by atoms with Crippen molar-refractivity contribution in [2.45, 2.75) is 77.2 Å². The lowest BCUT2D eigenvalue weighted by Gasteiger charge is -2.27. The van der Waals surface area contributed by atoms with Crippen molar-refractivity contribution in [1.29, 1.82) is 0 Å². The summed E-state index contributed by atoms with van der Waals surface area (Å²) >= 11 is 0. The fourth-order valence-electron chi connectivity index (χ4n) is 4.28. The number of aliphatic hydroxyl groups is 2. The zero-order valence-electron chi connectivity index (χ0n) is 19.7. The number of aliphatic hydroxyl groups excluding tert-OH is 1. The second-order valence-corrected chi connectivity index (χ2v) is 9.71. The van der Waals surface area contributed by atoms with Crippen molar-refractivity contribution in [1.82, 2.24) is 14.5 Å². The summed E-state index contributed by atoms with van der Waals surface area (Å²) in [4.78, 5) is 22.4. The van der Waals surface area contributed by atoms with Gasteiger partial charge in [0.2, 0.25) is 0 Å². The van der Waals surface area contributed by atoms with Crippen LogP contribution in [0.25, 0.3) is 10.8 Å². The first-order valence-corrected chi connectivity index (χ1v) is 11.6. The van der Waals surface area contributed by atoms with Gasteiger partial charge in [0.15, 0.2) is 0 Å². The van der Waals surface area contributed by atoms with Crippen LogP contribution in [0.3, 0.4) is 0 Å². The third-order valence-electron chi connectivity index (χ3n) is 6.23. The largest absolute Gasteiger partial charge is 0.393 e. The SMILES string of the molecule is CC(C)n1ccc2cc(Nc3cc(C(C)(C)O)ccn3)nc(NC3CCC(O)CC3)c2c1=O. The van der Waals surface area contributed by atoms with E-state index in [9.17, 15) is 15.0 Å². The third-order valence-corrected chi connectivity index (χ3v) is 6.23. The third kappa shape index (κ3) is 5.17. The van der Waals surface area contributed by atoms with E-state index in [0.29, 0.717) is 22.8 Å². The molecule has 176 valence electrons. The lowest BCUT2D eigenvalue weighted by molar-refractivity contribution is 0.0785. The monoisotopic (exact) mass is 451 g/mol. The van der Waals surface area contributed by atoms with E-state index in [0.717, 1.165) is 36.6 Å². The molecule has 0 aliphatic heterocycles. The maximum Gasteiger partial charge on any atom is 0.262 e. The molecule has 33 heavy (non-hydrogen) atoms. The van der Waals surface area contributed by atoms with Crippen LogP contribution in [0.1, 0.15) is 65.0 Å². The molecule has 0 spiro atoms. The van der Waals surface area contributed by atoms with Gasteiger partial charge in [-0.3, -0.25) is 4.79 Å². The number of nitrogens with one attached hydrogen (secondary N) is 2. The van der Waals surface area contributed by atoms with Gasteiger partial charge in [0.1, 0.15) is 17.5 Å². The summed E-state index contributed by atoms with van der Waals surface area (Å²) in [6, 6.07) is 7.51. The molecule has 0 radical (unpaired) electrons. The molecule has 1 aliphatic rings. The van der Waals surface area contributed by atoms with Gasteiger partial charge >= 0.3 is 0 Å². The minimum Gasteiger partial charge on any atom is -0.393 e. The Morgan fingerprint density at radius 3 is 2.52 bits per heavy atom. The van der Waals surface area contributed by atoms with Crippen LogP contribution in [0.15, 0.2) is 41.5 Å². The first kappa shape index (κ1) is 23.2. The molecule has 0 amide bonds. The summed E-state index contributed by atoms with van der Waals surface area (Å²) in [5.74, 6) is 1.65. The molecule has 3 aromatic heterocycles. The summed E-state index contributed by atoms with van der Waals surface area (Å²) in [5.41, 5.74) is -0.335. The van der Waals surface area contributed by atoms with Gasteiger partial charge in [-0.25, -0.2) is 9.97 Å². The van der Waals surface area contributed by atoms with E-state index >= 15 is 0 Å². The van der Waals surface area contributed by atoms with Gasteiger partial charge in [0, 0.05) is 24.5 Å². The molecule has 0 bridgehead atoms. The minimum atomic E-state index is -0.990. The van der Waals surface area contributed by atoms with E-state index in [2.05, 4.69) is 15.6 Å². The number of hydrogen-bond donors (Lipinski definition) is 4. The van der Waals surface area contributed by atoms with Gasteiger partial charge in [0.25, 0.3) is 5.56 Å². The number of hydrogen-bond acceptors (Lipinski definition) is 7. The Morgan fingerprint density at radius 2 is 1.85 bits per heavy atom. The summed E-state index contributed by atoms with van der Waals surface area (Å²) in [6.07, 6.45) is 6.31. The molecule has 0 saturated heterocycles. The predicted octanol–water partition coefficient (Wildman–Crippen LogP) is 4.06. The Hall–Kier alpha value is -2.97. The topological polar surface area (TPSA) is 112 Å². The van der Waals surface area contributed by atoms with Crippen LogP contribution < -0.4 is 16.2 Å². The zero-order valence-corrected chi connectivity index (χ0v) is 19.7. The average molecular weight is 452 g/mol. The molecule has 4 N–H and O–H groups in total. The van der Waals surface area contributed by atoms with E-state index in [1.54, 1.807) is 36.7 Å². The first-order chi connectivity index (χ1) is 15.6. The molecule has 3 aromatic rings. The lowest BCUT2D eigenvalue weighted by Crippen LogP contribution is -2.30. The smallest absolute Gasteiger partial charge is 0.262 e. The fourth-order valence-corrected chi connectivity index (χ4v) is 4.28. The highest BCUT2D eigenvalue weighted by molar-refractivity contribution is 5.93. The van der Waals surface area contributed by atoms with Gasteiger partial charge in [-0.15, -0.1) is 0 Å². The molecule has 1 aliphatic carbocycles. The number of rotatable bonds is 6. The molecule has 4 rings (SSSR count). The Kier molecular flexibility index (Phi) is 6.41. The van der Waals surface area contributed by atoms with E-state index < -0.39 is 5.60 Å². The second kappa shape index (κ2) is 9.11. The van der Waals surface area contributed by atoms with Crippen molar-refractivity contribution in [3.05, 3.63) is 52.6 Å². The molecule has 0 aromatic carbocycles. The van der Waals surface area contributed by atoms with Crippen molar-refractivity contribution >= 4 is 28.2 Å². The van der Waals surface area contributed by atoms with Crippen LogP contribution in [0.2, 0.25) is 0 Å². The number of anilines is 3. The molecular formula is C25H33N5O3. The van der Waals surface area contributed by atoms with Crippen LogP contribution in [-0.4, -0.2) is 36.9 Å². The highest BCUT2D eigenvalue weighted by Crippen LogP contribution is 2.29. The van der Waals surface area contributed by atoms with Crippen molar-refractivity contribution in [2.24, 2.45) is 0 Å². The van der Waals surface area contributed by atoms with Gasteiger partial charge < -0.3 is 25.4 Å². The molecule has 1 saturated carbocycles. The van der Waals surface area contributed by atoms with Crippen LogP contribution in [0.5, 0.6) is 0 Å². The van der Waals surface area contributed by atoms with Gasteiger partial charge in [0.05, 0.1) is 17.1 Å². The molecule has 8 nitrogen and oxygen atoms in total. The van der Waals surface area contributed by atoms with Gasteiger partial charge in [-0.2, -0.15) is 0 Å². The Bertz CT molecular complexity index is 1190. The van der Waals surface area contributed by atoms with E-state index in [1.165, 1.54) is 0 Å². The van der Waals surface area contributed by atoms with Crippen LogP contribution in [0.4, 0.5) is 17.5 Å². The van der Waals surface area contributed by atoms with Gasteiger partial charge in [-0.1, -0.05) is 0 Å². The van der Waals surface area contributed by atoms with Crippen molar-refractivity contribution in [2.75, 3.05) is 10.6 Å². The van der Waals surface area contributed by atoms with Crippen molar-refractivity contribution in [3.8, 4) is 0 Å². The number of nitrogens with zero attached hydrogens (tertiary/aromatic N) is 3.